The second-order valence-electron chi connectivity index (χ2n) is 10.6. The van der Waals surface area contributed by atoms with Crippen molar-refractivity contribution in [1.82, 2.24) is 0 Å². The molecule has 2 aliphatic rings. The minimum Gasteiger partial charge on any atom is -0.465 e. The first kappa shape index (κ1) is 33.2. The van der Waals surface area contributed by atoms with Gasteiger partial charge in [0, 0.05) is 42.6 Å². The lowest BCUT2D eigenvalue weighted by Crippen LogP contribution is -2.37. The van der Waals surface area contributed by atoms with Crippen LogP contribution in [0.1, 0.15) is 34.3 Å². The molecule has 0 saturated carbocycles. The number of sulfonamides is 1. The van der Waals surface area contributed by atoms with Gasteiger partial charge in [-0.25, -0.2) is 8.42 Å². The second-order valence-corrected chi connectivity index (χ2v) is 13.4. The Morgan fingerprint density at radius 1 is 1.02 bits per heavy atom. The van der Waals surface area contributed by atoms with Crippen LogP contribution in [0.15, 0.2) is 59.1 Å². The molecule has 1 N–H and O–H groups in total. The summed E-state index contributed by atoms with van der Waals surface area (Å²) in [6, 6.07) is 13.5. The first-order valence-corrected chi connectivity index (χ1v) is 16.6. The molecular formula is C31H32BrF3N2O7S. The molecule has 0 radical (unpaired) electrons. The third kappa shape index (κ3) is 7.80. The number of hydrogen-bond acceptors (Lipinski definition) is 7. The Morgan fingerprint density at radius 3 is 2.49 bits per heavy atom. The number of amides is 1. The number of ether oxygens (including phenoxy) is 4. The van der Waals surface area contributed by atoms with E-state index in [9.17, 15) is 26.4 Å². The number of nitrogens with zero attached hydrogens (tertiary/aromatic N) is 1. The second kappa shape index (κ2) is 14.1. The highest BCUT2D eigenvalue weighted by Gasteiger charge is 2.32. The number of carbonyl (C=O) groups is 1. The number of carbonyl (C=O) groups excluding carboxylic acids is 1. The van der Waals surface area contributed by atoms with Gasteiger partial charge in [0.1, 0.15) is 5.75 Å². The molecule has 0 bridgehead atoms. The fraction of sp³-hybridized carbons (Fsp3) is 0.387. The fourth-order valence-electron chi connectivity index (χ4n) is 5.25. The van der Waals surface area contributed by atoms with Gasteiger partial charge in [-0.05, 0) is 72.4 Å². The van der Waals surface area contributed by atoms with Crippen LogP contribution in [0.3, 0.4) is 0 Å². The van der Waals surface area contributed by atoms with Crippen molar-refractivity contribution >= 4 is 43.2 Å². The van der Waals surface area contributed by atoms with E-state index in [4.69, 9.17) is 18.9 Å². The Labute approximate surface area is 267 Å². The molecule has 3 aromatic rings. The van der Waals surface area contributed by atoms with Crippen LogP contribution in [0.4, 0.5) is 24.5 Å². The van der Waals surface area contributed by atoms with Crippen molar-refractivity contribution in [1.29, 1.82) is 0 Å². The van der Waals surface area contributed by atoms with Crippen LogP contribution in [0, 0.1) is 0 Å². The molecule has 1 fully saturated rings. The van der Waals surface area contributed by atoms with Gasteiger partial charge in [0.05, 0.1) is 29.7 Å². The first-order valence-electron chi connectivity index (χ1n) is 14.2. The third-order valence-electron chi connectivity index (χ3n) is 7.66. The highest BCUT2D eigenvalue weighted by atomic mass is 79.9. The van der Waals surface area contributed by atoms with E-state index in [1.54, 1.807) is 42.3 Å². The van der Waals surface area contributed by atoms with Gasteiger partial charge in [-0.15, -0.1) is 0 Å². The smallest absolute Gasteiger partial charge is 0.416 e. The van der Waals surface area contributed by atoms with Crippen LogP contribution in [0.2, 0.25) is 0 Å². The Morgan fingerprint density at radius 2 is 1.78 bits per heavy atom. The van der Waals surface area contributed by atoms with Gasteiger partial charge in [0.25, 0.3) is 5.91 Å². The zero-order valence-corrected chi connectivity index (χ0v) is 26.8. The first-order chi connectivity index (χ1) is 21.5. The number of hydrogen-bond donors (Lipinski definition) is 1. The van der Waals surface area contributed by atoms with E-state index in [0.717, 1.165) is 17.7 Å². The zero-order valence-electron chi connectivity index (χ0n) is 24.4. The van der Waals surface area contributed by atoms with Gasteiger partial charge in [0.2, 0.25) is 10.0 Å². The molecule has 45 heavy (non-hydrogen) atoms. The summed E-state index contributed by atoms with van der Waals surface area (Å²) in [6.07, 6.45) is -3.27. The molecule has 1 saturated heterocycles. The SMILES string of the molecule is COCCOCOc1ccc(N2CCc3cc(-c4ccc(C(F)(F)F)cc4Br)ccc3C2=O)cc1NS(=O)(=O)C1CCOCC1. The number of nitrogens with one attached hydrogen (secondary N) is 1. The number of anilines is 2. The van der Waals surface area contributed by atoms with Gasteiger partial charge in [-0.2, -0.15) is 13.2 Å². The maximum Gasteiger partial charge on any atom is 0.416 e. The Kier molecular flexibility index (Phi) is 10.4. The van der Waals surface area contributed by atoms with Crippen LogP contribution in [0.5, 0.6) is 5.75 Å². The molecule has 242 valence electrons. The molecular weight excluding hydrogens is 681 g/mol. The number of halogens is 4. The van der Waals surface area contributed by atoms with Crippen molar-refractivity contribution in [3.63, 3.8) is 0 Å². The lowest BCUT2D eigenvalue weighted by atomic mass is 9.93. The largest absolute Gasteiger partial charge is 0.465 e. The molecule has 0 spiro atoms. The predicted octanol–water partition coefficient (Wildman–Crippen LogP) is 6.26. The minimum absolute atomic E-state index is 0.137. The number of benzene rings is 3. The van der Waals surface area contributed by atoms with Crippen LogP contribution in [0.25, 0.3) is 11.1 Å². The maximum absolute atomic E-state index is 13.7. The van der Waals surface area contributed by atoms with Gasteiger partial charge in [-0.3, -0.25) is 9.52 Å². The number of methoxy groups -OCH3 is 1. The summed E-state index contributed by atoms with van der Waals surface area (Å²) in [5.74, 6) is -0.0486. The molecule has 0 aliphatic carbocycles. The molecule has 0 atom stereocenters. The standard InChI is InChI=1S/C31H32BrF3N2O7S/c1-41-14-15-43-19-44-29-7-4-23(18-28(29)36-45(39,40)24-9-12-42-13-10-24)37-11-8-21-16-20(2-5-26(21)30(37)38)25-6-3-22(17-27(25)32)31(33,34)35/h2-7,16-18,24,36H,8-15,19H2,1H3. The van der Waals surface area contributed by atoms with Gasteiger partial charge in [0.15, 0.2) is 6.79 Å². The summed E-state index contributed by atoms with van der Waals surface area (Å²) < 4.78 is 90.3. The van der Waals surface area contributed by atoms with Gasteiger partial charge >= 0.3 is 6.18 Å². The molecule has 0 unspecified atom stereocenters. The topological polar surface area (TPSA) is 103 Å². The average Bonchev–Trinajstić information content (AvgIpc) is 3.01. The molecule has 0 aromatic heterocycles. The van der Waals surface area contributed by atoms with Crippen molar-refractivity contribution in [2.45, 2.75) is 30.7 Å². The highest BCUT2D eigenvalue weighted by molar-refractivity contribution is 9.10. The van der Waals surface area contributed by atoms with E-state index in [-0.39, 0.29) is 30.7 Å². The van der Waals surface area contributed by atoms with Crippen LogP contribution >= 0.6 is 15.9 Å². The molecule has 5 rings (SSSR count). The predicted molar refractivity (Wildman–Crippen MR) is 166 cm³/mol. The van der Waals surface area contributed by atoms with Crippen LogP contribution < -0.4 is 14.4 Å². The highest BCUT2D eigenvalue weighted by Crippen LogP contribution is 2.38. The molecule has 1 amide bonds. The van der Waals surface area contributed by atoms with Gasteiger partial charge in [-0.1, -0.05) is 34.1 Å². The van der Waals surface area contributed by atoms with E-state index in [1.807, 2.05) is 6.07 Å². The molecule has 9 nitrogen and oxygen atoms in total. The number of alkyl halides is 3. The summed E-state index contributed by atoms with van der Waals surface area (Å²) in [7, 11) is -2.25. The quantitative estimate of drug-likeness (QED) is 0.185. The normalized spacial score (nSPS) is 16.0. The van der Waals surface area contributed by atoms with E-state index in [0.29, 0.717) is 72.5 Å². The van der Waals surface area contributed by atoms with Crippen LogP contribution in [-0.2, 0) is 36.8 Å². The van der Waals surface area contributed by atoms with E-state index in [2.05, 4.69) is 20.7 Å². The molecule has 3 aromatic carbocycles. The van der Waals surface area contributed by atoms with Crippen molar-refractivity contribution < 1.29 is 45.3 Å². The van der Waals surface area contributed by atoms with Crippen molar-refractivity contribution in [2.75, 3.05) is 56.5 Å². The molecule has 2 heterocycles. The summed E-state index contributed by atoms with van der Waals surface area (Å²) in [4.78, 5) is 15.2. The third-order valence-corrected chi connectivity index (χ3v) is 10.2. The monoisotopic (exact) mass is 712 g/mol. The van der Waals surface area contributed by atoms with Crippen LogP contribution in [-0.4, -0.2) is 66.4 Å². The summed E-state index contributed by atoms with van der Waals surface area (Å²) >= 11 is 3.26. The van der Waals surface area contributed by atoms with Crippen molar-refractivity contribution in [2.24, 2.45) is 0 Å². The lowest BCUT2D eigenvalue weighted by molar-refractivity contribution is -0.137. The maximum atomic E-state index is 13.7. The number of rotatable bonds is 11. The Balaban J connectivity index is 1.39. The minimum atomic E-state index is -4.46. The summed E-state index contributed by atoms with van der Waals surface area (Å²) in [6.45, 7) is 1.52. The average molecular weight is 714 g/mol. The van der Waals surface area contributed by atoms with Gasteiger partial charge < -0.3 is 23.8 Å². The summed E-state index contributed by atoms with van der Waals surface area (Å²) in [5, 5.41) is -0.636. The van der Waals surface area contributed by atoms with Crippen molar-refractivity contribution in [3.05, 3.63) is 75.8 Å². The summed E-state index contributed by atoms with van der Waals surface area (Å²) in [5.41, 5.74) is 2.34. The zero-order chi connectivity index (χ0) is 32.2. The van der Waals surface area contributed by atoms with E-state index in [1.165, 1.54) is 6.07 Å². The number of fused-ring (bicyclic) bond motifs is 1. The Bertz CT molecular complexity index is 1650. The molecule has 2 aliphatic heterocycles. The lowest BCUT2D eigenvalue weighted by Gasteiger charge is -2.30. The van der Waals surface area contributed by atoms with E-state index >= 15 is 0 Å². The van der Waals surface area contributed by atoms with E-state index < -0.39 is 27.0 Å². The molecule has 14 heteroatoms. The van der Waals surface area contributed by atoms with Crippen molar-refractivity contribution in [3.8, 4) is 16.9 Å². The fourth-order valence-corrected chi connectivity index (χ4v) is 7.30. The Hall–Kier alpha value is -3.17.